The van der Waals surface area contributed by atoms with Gasteiger partial charge in [-0.05, 0) is 25.3 Å². The van der Waals surface area contributed by atoms with Gasteiger partial charge in [-0.3, -0.25) is 5.10 Å². The minimum atomic E-state index is -0.395. The van der Waals surface area contributed by atoms with Crippen LogP contribution in [0.15, 0.2) is 24.4 Å². The molecule has 1 unspecified atom stereocenters. The second-order valence-corrected chi connectivity index (χ2v) is 4.85. The molecule has 0 amide bonds. The lowest BCUT2D eigenvalue weighted by Gasteiger charge is -2.22. The minimum absolute atomic E-state index is 0.224. The van der Waals surface area contributed by atoms with E-state index in [1.54, 1.807) is 6.08 Å². The van der Waals surface area contributed by atoms with Crippen molar-refractivity contribution in [2.45, 2.75) is 25.8 Å². The van der Waals surface area contributed by atoms with Crippen LogP contribution in [-0.4, -0.2) is 40.4 Å². The predicted octanol–water partition coefficient (Wildman–Crippen LogP) is 1.00. The smallest absolute Gasteiger partial charge is 0.329 e. The number of aryl methyl sites for hydroxylation is 1. The lowest BCUT2D eigenvalue weighted by molar-refractivity contribution is -0.145. The summed E-state index contributed by atoms with van der Waals surface area (Å²) in [5, 5.41) is 9.09. The van der Waals surface area contributed by atoms with Crippen LogP contribution < -0.4 is 5.43 Å². The van der Waals surface area contributed by atoms with Crippen LogP contribution in [0.4, 0.5) is 0 Å². The molecule has 0 radical (unpaired) electrons. The van der Waals surface area contributed by atoms with Crippen molar-refractivity contribution >= 4 is 11.7 Å². The van der Waals surface area contributed by atoms with Crippen molar-refractivity contribution in [3.05, 3.63) is 35.7 Å². The van der Waals surface area contributed by atoms with Crippen LogP contribution >= 0.6 is 0 Å². The number of aromatic amines is 1. The van der Waals surface area contributed by atoms with Gasteiger partial charge in [-0.25, -0.2) is 10.2 Å². The van der Waals surface area contributed by atoms with Crippen LogP contribution in [0.1, 0.15) is 24.6 Å². The molecule has 1 aromatic heterocycles. The number of rotatable bonds is 4. The lowest BCUT2D eigenvalue weighted by Crippen LogP contribution is -2.42. The molecule has 0 saturated heterocycles. The average Bonchev–Trinajstić information content (AvgIpc) is 3.03. The Bertz CT molecular complexity index is 575. The summed E-state index contributed by atoms with van der Waals surface area (Å²) >= 11 is 0. The number of aromatic nitrogens is 2. The summed E-state index contributed by atoms with van der Waals surface area (Å²) in [6.07, 6.45) is 5.32. The molecule has 6 heteroatoms. The van der Waals surface area contributed by atoms with E-state index in [1.807, 2.05) is 18.1 Å². The Morgan fingerprint density at radius 3 is 3.25 bits per heavy atom. The van der Waals surface area contributed by atoms with Gasteiger partial charge >= 0.3 is 5.97 Å². The molecular formula is C14H18N4O2. The van der Waals surface area contributed by atoms with Gasteiger partial charge in [0.1, 0.15) is 6.04 Å². The Kier molecular flexibility index (Phi) is 3.31. The van der Waals surface area contributed by atoms with Crippen molar-refractivity contribution in [2.75, 3.05) is 13.2 Å². The number of carbonyl (C=O) groups excluding carboxylic acids is 1. The quantitative estimate of drug-likeness (QED) is 0.633. The summed E-state index contributed by atoms with van der Waals surface area (Å²) in [5.74, 6) is -0.224. The fraction of sp³-hybridized carbons (Fsp3) is 0.429. The SMILES string of the molecule is C=CCN1NC(C(=O)OCC)C2=C1c1cn[nH]c1CC2. The molecule has 1 atom stereocenters. The Morgan fingerprint density at radius 1 is 1.65 bits per heavy atom. The number of esters is 1. The first kappa shape index (κ1) is 12.9. The van der Waals surface area contributed by atoms with Crippen molar-refractivity contribution in [1.82, 2.24) is 20.6 Å². The minimum Gasteiger partial charge on any atom is -0.465 e. The highest BCUT2D eigenvalue weighted by Gasteiger charge is 2.39. The van der Waals surface area contributed by atoms with E-state index in [0.29, 0.717) is 13.2 Å². The van der Waals surface area contributed by atoms with Crippen LogP contribution in [0.5, 0.6) is 0 Å². The molecule has 0 spiro atoms. The molecule has 3 rings (SSSR count). The molecular weight excluding hydrogens is 256 g/mol. The molecule has 106 valence electrons. The second-order valence-electron chi connectivity index (χ2n) is 4.85. The zero-order valence-electron chi connectivity index (χ0n) is 11.5. The van der Waals surface area contributed by atoms with Gasteiger partial charge in [-0.1, -0.05) is 6.08 Å². The van der Waals surface area contributed by atoms with Crippen molar-refractivity contribution in [2.24, 2.45) is 0 Å². The third-order valence-corrected chi connectivity index (χ3v) is 3.66. The monoisotopic (exact) mass is 274 g/mol. The maximum absolute atomic E-state index is 12.1. The zero-order chi connectivity index (χ0) is 14.1. The first-order valence-electron chi connectivity index (χ1n) is 6.83. The number of nitrogens with one attached hydrogen (secondary N) is 2. The standard InChI is InChI=1S/C14H18N4O2/c1-3-7-18-13-9(12(17-18)14(19)20-4-2)5-6-11-10(13)8-15-16-11/h3,8,12,17H,1,4-7H2,2H3,(H,15,16). The number of H-pyrrole nitrogens is 1. The van der Waals surface area contributed by atoms with E-state index in [-0.39, 0.29) is 5.97 Å². The fourth-order valence-electron chi connectivity index (χ4n) is 2.85. The van der Waals surface area contributed by atoms with Crippen LogP contribution in [0.3, 0.4) is 0 Å². The maximum atomic E-state index is 12.1. The Balaban J connectivity index is 1.99. The molecule has 2 N–H and O–H groups in total. The Hall–Kier alpha value is -2.08. The van der Waals surface area contributed by atoms with Crippen LogP contribution in [0.25, 0.3) is 5.70 Å². The summed E-state index contributed by atoms with van der Waals surface area (Å²) in [5.41, 5.74) is 7.52. The zero-order valence-corrected chi connectivity index (χ0v) is 11.5. The van der Waals surface area contributed by atoms with Gasteiger partial charge in [0.25, 0.3) is 0 Å². The first-order valence-corrected chi connectivity index (χ1v) is 6.83. The highest BCUT2D eigenvalue weighted by atomic mass is 16.5. The van der Waals surface area contributed by atoms with E-state index in [4.69, 9.17) is 4.74 Å². The summed E-state index contributed by atoms with van der Waals surface area (Å²) in [4.78, 5) is 12.1. The van der Waals surface area contributed by atoms with E-state index in [9.17, 15) is 4.79 Å². The molecule has 2 heterocycles. The van der Waals surface area contributed by atoms with Gasteiger partial charge in [0.15, 0.2) is 0 Å². The normalized spacial score (nSPS) is 20.6. The molecule has 20 heavy (non-hydrogen) atoms. The second kappa shape index (κ2) is 5.13. The molecule has 0 fully saturated rings. The van der Waals surface area contributed by atoms with Crippen molar-refractivity contribution < 1.29 is 9.53 Å². The maximum Gasteiger partial charge on any atom is 0.329 e. The number of nitrogens with zero attached hydrogens (tertiary/aromatic N) is 2. The van der Waals surface area contributed by atoms with Crippen LogP contribution in [-0.2, 0) is 16.0 Å². The van der Waals surface area contributed by atoms with Gasteiger partial charge < -0.3 is 9.75 Å². The van der Waals surface area contributed by atoms with E-state index >= 15 is 0 Å². The fourth-order valence-corrected chi connectivity index (χ4v) is 2.85. The number of ether oxygens (including phenoxy) is 1. The van der Waals surface area contributed by atoms with Gasteiger partial charge in [-0.15, -0.1) is 6.58 Å². The summed E-state index contributed by atoms with van der Waals surface area (Å²) in [6, 6.07) is -0.395. The Morgan fingerprint density at radius 2 is 2.50 bits per heavy atom. The predicted molar refractivity (Wildman–Crippen MR) is 74.3 cm³/mol. The van der Waals surface area contributed by atoms with E-state index in [2.05, 4.69) is 22.2 Å². The third-order valence-electron chi connectivity index (χ3n) is 3.66. The van der Waals surface area contributed by atoms with Crippen molar-refractivity contribution in [1.29, 1.82) is 0 Å². The molecule has 6 nitrogen and oxygen atoms in total. The topological polar surface area (TPSA) is 70.2 Å². The van der Waals surface area contributed by atoms with E-state index in [0.717, 1.165) is 35.4 Å². The number of hydrogen-bond donors (Lipinski definition) is 2. The number of carbonyl (C=O) groups is 1. The number of hydrogen-bond acceptors (Lipinski definition) is 5. The van der Waals surface area contributed by atoms with Gasteiger partial charge in [0.05, 0.1) is 25.0 Å². The molecule has 1 aliphatic carbocycles. The van der Waals surface area contributed by atoms with E-state index < -0.39 is 6.04 Å². The van der Waals surface area contributed by atoms with Gasteiger partial charge in [-0.2, -0.15) is 5.10 Å². The lowest BCUT2D eigenvalue weighted by atomic mass is 9.91. The summed E-state index contributed by atoms with van der Waals surface area (Å²) < 4.78 is 5.16. The highest BCUT2D eigenvalue weighted by molar-refractivity contribution is 5.87. The Labute approximate surface area is 117 Å². The molecule has 2 aliphatic rings. The largest absolute Gasteiger partial charge is 0.465 e. The molecule has 0 saturated carbocycles. The average molecular weight is 274 g/mol. The molecule has 0 aromatic carbocycles. The van der Waals surface area contributed by atoms with Gasteiger partial charge in [0, 0.05) is 11.3 Å². The van der Waals surface area contributed by atoms with Gasteiger partial charge in [0.2, 0.25) is 0 Å². The highest BCUT2D eigenvalue weighted by Crippen LogP contribution is 2.37. The van der Waals surface area contributed by atoms with Crippen LogP contribution in [0, 0.1) is 0 Å². The van der Waals surface area contributed by atoms with Crippen molar-refractivity contribution in [3.8, 4) is 0 Å². The molecule has 1 aliphatic heterocycles. The van der Waals surface area contributed by atoms with Crippen molar-refractivity contribution in [3.63, 3.8) is 0 Å². The number of fused-ring (bicyclic) bond motifs is 2. The van der Waals surface area contributed by atoms with E-state index in [1.165, 1.54) is 0 Å². The third kappa shape index (κ3) is 1.92. The number of hydrazine groups is 1. The summed E-state index contributed by atoms with van der Waals surface area (Å²) in [6.45, 7) is 6.60. The first-order chi connectivity index (χ1) is 9.76. The summed E-state index contributed by atoms with van der Waals surface area (Å²) in [7, 11) is 0. The van der Waals surface area contributed by atoms with Crippen LogP contribution in [0.2, 0.25) is 0 Å². The molecule has 1 aromatic rings. The molecule has 0 bridgehead atoms.